The Bertz CT molecular complexity index is 781. The van der Waals surface area contributed by atoms with Crippen LogP contribution in [0.2, 0.25) is 0 Å². The van der Waals surface area contributed by atoms with E-state index in [9.17, 15) is 4.79 Å². The van der Waals surface area contributed by atoms with Crippen LogP contribution in [-0.2, 0) is 0 Å². The quantitative estimate of drug-likeness (QED) is 0.803. The summed E-state index contributed by atoms with van der Waals surface area (Å²) in [7, 11) is 0. The zero-order valence-corrected chi connectivity index (χ0v) is 13.0. The van der Waals surface area contributed by atoms with Crippen LogP contribution in [0.3, 0.4) is 0 Å². The second-order valence-electron chi connectivity index (χ2n) is 4.23. The number of carbonyl (C=O) groups is 1. The van der Waals surface area contributed by atoms with Gasteiger partial charge in [-0.2, -0.15) is 0 Å². The molecule has 0 aliphatic carbocycles. The van der Waals surface area contributed by atoms with Gasteiger partial charge in [0.1, 0.15) is 14.9 Å². The average Bonchev–Trinajstić information content (AvgIpc) is 3.06. The Morgan fingerprint density at radius 2 is 2.05 bits per heavy atom. The van der Waals surface area contributed by atoms with Crippen molar-refractivity contribution in [1.29, 1.82) is 0 Å². The molecule has 21 heavy (non-hydrogen) atoms. The van der Waals surface area contributed by atoms with Crippen molar-refractivity contribution in [2.24, 2.45) is 0 Å². The fraction of sp³-hybridized carbons (Fsp3) is 0.154. The van der Waals surface area contributed by atoms with E-state index in [1.54, 1.807) is 6.20 Å². The molecule has 1 amide bonds. The first kappa shape index (κ1) is 13.8. The second-order valence-corrected chi connectivity index (χ2v) is 6.41. The van der Waals surface area contributed by atoms with Gasteiger partial charge in [0.25, 0.3) is 5.91 Å². The number of anilines is 1. The summed E-state index contributed by atoms with van der Waals surface area (Å²) in [6, 6.07) is 5.60. The molecule has 8 heteroatoms. The van der Waals surface area contributed by atoms with E-state index in [0.717, 1.165) is 15.7 Å². The van der Waals surface area contributed by atoms with Crippen molar-refractivity contribution < 1.29 is 4.79 Å². The summed E-state index contributed by atoms with van der Waals surface area (Å²) >= 11 is 2.66. The molecule has 0 aliphatic rings. The van der Waals surface area contributed by atoms with E-state index in [4.69, 9.17) is 0 Å². The van der Waals surface area contributed by atoms with Crippen LogP contribution in [0.25, 0.3) is 10.7 Å². The minimum Gasteiger partial charge on any atom is -0.296 e. The number of rotatable bonds is 3. The van der Waals surface area contributed by atoms with Crippen molar-refractivity contribution in [3.63, 3.8) is 0 Å². The van der Waals surface area contributed by atoms with Crippen molar-refractivity contribution in [1.82, 2.24) is 20.2 Å². The van der Waals surface area contributed by atoms with Crippen molar-refractivity contribution in [3.05, 3.63) is 40.0 Å². The Labute approximate surface area is 128 Å². The highest BCUT2D eigenvalue weighted by molar-refractivity contribution is 7.17. The molecule has 3 heterocycles. The predicted molar refractivity (Wildman–Crippen MR) is 82.7 cm³/mol. The molecule has 0 radical (unpaired) electrons. The number of aryl methyl sites for hydroxylation is 2. The molecule has 0 bridgehead atoms. The van der Waals surface area contributed by atoms with Crippen LogP contribution in [0.5, 0.6) is 0 Å². The van der Waals surface area contributed by atoms with E-state index in [1.807, 2.05) is 32.0 Å². The summed E-state index contributed by atoms with van der Waals surface area (Å²) in [5, 5.41) is 12.5. The lowest BCUT2D eigenvalue weighted by atomic mass is 10.3. The Hall–Kier alpha value is -2.19. The van der Waals surface area contributed by atoms with E-state index >= 15 is 0 Å². The van der Waals surface area contributed by atoms with Crippen LogP contribution < -0.4 is 5.32 Å². The molecule has 1 N–H and O–H groups in total. The monoisotopic (exact) mass is 317 g/mol. The van der Waals surface area contributed by atoms with Gasteiger partial charge in [-0.15, -0.1) is 21.5 Å². The molecule has 3 aromatic heterocycles. The van der Waals surface area contributed by atoms with Gasteiger partial charge in [-0.25, -0.2) is 4.98 Å². The van der Waals surface area contributed by atoms with Crippen molar-refractivity contribution >= 4 is 33.7 Å². The Kier molecular flexibility index (Phi) is 3.72. The van der Waals surface area contributed by atoms with Gasteiger partial charge >= 0.3 is 0 Å². The van der Waals surface area contributed by atoms with Gasteiger partial charge in [0.15, 0.2) is 0 Å². The lowest BCUT2D eigenvalue weighted by Crippen LogP contribution is -2.11. The number of nitrogens with zero attached hydrogens (tertiary/aromatic N) is 4. The summed E-state index contributed by atoms with van der Waals surface area (Å²) in [5.41, 5.74) is 1.44. The first-order chi connectivity index (χ1) is 10.1. The highest BCUT2D eigenvalue weighted by Crippen LogP contribution is 2.27. The lowest BCUT2D eigenvalue weighted by Gasteiger charge is -1.97. The summed E-state index contributed by atoms with van der Waals surface area (Å²) in [6.07, 6.45) is 1.70. The van der Waals surface area contributed by atoms with E-state index in [1.165, 1.54) is 22.7 Å². The van der Waals surface area contributed by atoms with E-state index < -0.39 is 0 Å². The molecule has 0 saturated heterocycles. The molecule has 6 nitrogen and oxygen atoms in total. The first-order valence-corrected chi connectivity index (χ1v) is 7.77. The second kappa shape index (κ2) is 5.66. The third-order valence-electron chi connectivity index (χ3n) is 2.63. The largest absolute Gasteiger partial charge is 0.296 e. The van der Waals surface area contributed by atoms with E-state index in [0.29, 0.717) is 15.7 Å². The highest BCUT2D eigenvalue weighted by atomic mass is 32.1. The summed E-state index contributed by atoms with van der Waals surface area (Å²) in [6.45, 7) is 3.65. The Morgan fingerprint density at radius 3 is 2.71 bits per heavy atom. The minimum absolute atomic E-state index is 0.219. The maximum absolute atomic E-state index is 12.3. The van der Waals surface area contributed by atoms with Crippen LogP contribution in [0.4, 0.5) is 5.13 Å². The molecule has 0 atom stereocenters. The third kappa shape index (κ3) is 2.96. The lowest BCUT2D eigenvalue weighted by molar-refractivity contribution is 0.102. The Morgan fingerprint density at radius 1 is 1.19 bits per heavy atom. The van der Waals surface area contributed by atoms with Gasteiger partial charge in [-0.1, -0.05) is 17.4 Å². The third-order valence-corrected chi connectivity index (χ3v) is 4.57. The summed E-state index contributed by atoms with van der Waals surface area (Å²) in [4.78, 5) is 21.5. The van der Waals surface area contributed by atoms with Crippen molar-refractivity contribution in [3.8, 4) is 10.7 Å². The van der Waals surface area contributed by atoms with Crippen LogP contribution in [-0.4, -0.2) is 26.1 Å². The molecular formula is C13H11N5OS2. The minimum atomic E-state index is -0.219. The van der Waals surface area contributed by atoms with E-state index in [-0.39, 0.29) is 5.91 Å². The number of carbonyl (C=O) groups excluding carboxylic acids is 1. The Balaban J connectivity index is 1.86. The van der Waals surface area contributed by atoms with Crippen LogP contribution in [0.1, 0.15) is 20.4 Å². The smallest absolute Gasteiger partial charge is 0.269 e. The summed E-state index contributed by atoms with van der Waals surface area (Å²) < 4.78 is 0. The molecule has 0 saturated carbocycles. The molecule has 0 aliphatic heterocycles. The normalized spacial score (nSPS) is 10.6. The number of amides is 1. The maximum Gasteiger partial charge on any atom is 0.269 e. The van der Waals surface area contributed by atoms with Crippen molar-refractivity contribution in [2.45, 2.75) is 13.8 Å². The number of nitrogens with one attached hydrogen (secondary N) is 1. The van der Waals surface area contributed by atoms with Gasteiger partial charge in [0.05, 0.1) is 11.4 Å². The molecular weight excluding hydrogens is 306 g/mol. The number of hydrogen-bond donors (Lipinski definition) is 1. The maximum atomic E-state index is 12.3. The SMILES string of the molecule is Cc1nnc(NC(=O)c2sc(-c3ccccn3)nc2C)s1. The zero-order chi connectivity index (χ0) is 14.8. The van der Waals surface area contributed by atoms with Gasteiger partial charge < -0.3 is 0 Å². The molecule has 106 valence electrons. The van der Waals surface area contributed by atoms with Gasteiger partial charge in [0.2, 0.25) is 5.13 Å². The molecule has 0 spiro atoms. The zero-order valence-electron chi connectivity index (χ0n) is 11.3. The number of aromatic nitrogens is 4. The fourth-order valence-corrected chi connectivity index (χ4v) is 3.23. The van der Waals surface area contributed by atoms with Gasteiger partial charge in [0, 0.05) is 6.20 Å². The number of thiazole rings is 1. The molecule has 3 aromatic rings. The number of pyridine rings is 1. The van der Waals surface area contributed by atoms with Crippen molar-refractivity contribution in [2.75, 3.05) is 5.32 Å². The highest BCUT2D eigenvalue weighted by Gasteiger charge is 2.18. The summed E-state index contributed by atoms with van der Waals surface area (Å²) in [5.74, 6) is -0.219. The van der Waals surface area contributed by atoms with E-state index in [2.05, 4.69) is 25.5 Å². The predicted octanol–water partition coefficient (Wildman–Crippen LogP) is 2.93. The van der Waals surface area contributed by atoms with Gasteiger partial charge in [-0.3, -0.25) is 15.1 Å². The van der Waals surface area contributed by atoms with Crippen LogP contribution in [0, 0.1) is 13.8 Å². The molecule has 0 fully saturated rings. The van der Waals surface area contributed by atoms with Crippen LogP contribution in [0.15, 0.2) is 24.4 Å². The number of hydrogen-bond acceptors (Lipinski definition) is 7. The molecule has 0 aromatic carbocycles. The van der Waals surface area contributed by atoms with Crippen LogP contribution >= 0.6 is 22.7 Å². The topological polar surface area (TPSA) is 80.7 Å². The van der Waals surface area contributed by atoms with Gasteiger partial charge in [-0.05, 0) is 26.0 Å². The first-order valence-electron chi connectivity index (χ1n) is 6.14. The molecule has 0 unspecified atom stereocenters. The molecule has 3 rings (SSSR count). The average molecular weight is 317 g/mol. The standard InChI is InChI=1S/C13H11N5OS2/c1-7-10(11(19)16-13-18-17-8(2)20-13)21-12(15-7)9-5-3-4-6-14-9/h3-6H,1-2H3,(H,16,18,19). The fourth-order valence-electron chi connectivity index (χ4n) is 1.71.